The van der Waals surface area contributed by atoms with Gasteiger partial charge in [0.25, 0.3) is 5.91 Å². The molecule has 3 heterocycles. The molecule has 146 valence electrons. The Hall–Kier alpha value is -3.46. The topological polar surface area (TPSA) is 78.3 Å². The number of carbonyl (C=O) groups excluding carboxylic acids is 1. The summed E-state index contributed by atoms with van der Waals surface area (Å²) in [5.74, 6) is 0.696. The number of benzene rings is 2. The lowest BCUT2D eigenvalue weighted by atomic mass is 10.2. The lowest BCUT2D eigenvalue weighted by Gasteiger charge is -2.17. The van der Waals surface area contributed by atoms with Gasteiger partial charge in [-0.2, -0.15) is 5.10 Å². The molecule has 0 unspecified atom stereocenters. The fourth-order valence-electron chi connectivity index (χ4n) is 3.16. The van der Waals surface area contributed by atoms with Crippen molar-refractivity contribution >= 4 is 32.6 Å². The van der Waals surface area contributed by atoms with Gasteiger partial charge in [0.15, 0.2) is 16.6 Å². The second-order valence-corrected chi connectivity index (χ2v) is 7.50. The molecule has 9 heteroatoms. The highest BCUT2D eigenvalue weighted by molar-refractivity contribution is 7.22. The van der Waals surface area contributed by atoms with Crippen molar-refractivity contribution in [3.8, 4) is 17.2 Å². The van der Waals surface area contributed by atoms with E-state index < -0.39 is 0 Å². The molecule has 0 atom stereocenters. The minimum absolute atomic E-state index is 0.313. The maximum atomic E-state index is 13.2. The molecule has 0 spiro atoms. The molecule has 5 rings (SSSR count). The second kappa shape index (κ2) is 6.85. The largest absolute Gasteiger partial charge is 0.486 e. The summed E-state index contributed by atoms with van der Waals surface area (Å²) in [5, 5.41) is 7.56. The van der Waals surface area contributed by atoms with Gasteiger partial charge in [-0.3, -0.25) is 10.1 Å². The molecule has 2 aromatic heterocycles. The molecule has 1 amide bonds. The van der Waals surface area contributed by atoms with E-state index >= 15 is 0 Å². The maximum Gasteiger partial charge on any atom is 0.260 e. The normalized spacial score (nSPS) is 12.9. The second-order valence-electron chi connectivity index (χ2n) is 6.47. The number of carbonyl (C=O) groups is 1. The van der Waals surface area contributed by atoms with Crippen LogP contribution in [-0.2, 0) is 0 Å². The Morgan fingerprint density at radius 1 is 1.17 bits per heavy atom. The standard InChI is InChI=1S/C20H15FN4O3S/c1-11-14(10-22-25(11)13-4-2-12(21)3-5-13)19(26)24-20-23-15-8-16-17(9-18(15)29-20)28-7-6-27-16/h2-5,8-10H,6-7H2,1H3,(H,23,24,26). The summed E-state index contributed by atoms with van der Waals surface area (Å²) in [4.78, 5) is 17.2. The summed E-state index contributed by atoms with van der Waals surface area (Å²) < 4.78 is 26.8. The van der Waals surface area contributed by atoms with E-state index in [2.05, 4.69) is 15.4 Å². The van der Waals surface area contributed by atoms with Gasteiger partial charge in [0, 0.05) is 12.1 Å². The van der Waals surface area contributed by atoms with Gasteiger partial charge in [-0.05, 0) is 31.2 Å². The van der Waals surface area contributed by atoms with Gasteiger partial charge in [0.05, 0.1) is 33.4 Å². The van der Waals surface area contributed by atoms with Crippen LogP contribution in [0.4, 0.5) is 9.52 Å². The van der Waals surface area contributed by atoms with Crippen molar-refractivity contribution in [3.05, 3.63) is 59.7 Å². The van der Waals surface area contributed by atoms with Crippen LogP contribution in [-0.4, -0.2) is 33.9 Å². The summed E-state index contributed by atoms with van der Waals surface area (Å²) in [5.41, 5.74) is 2.47. The molecule has 4 aromatic rings. The number of fused-ring (bicyclic) bond motifs is 2. The minimum atomic E-state index is -0.329. The Labute approximate surface area is 168 Å². The van der Waals surface area contributed by atoms with E-state index in [1.165, 1.54) is 29.7 Å². The summed E-state index contributed by atoms with van der Waals surface area (Å²) in [6.45, 7) is 2.80. The molecule has 1 N–H and O–H groups in total. The molecule has 0 radical (unpaired) electrons. The number of halogens is 1. The third kappa shape index (κ3) is 3.19. The van der Waals surface area contributed by atoms with Crippen molar-refractivity contribution < 1.29 is 18.7 Å². The van der Waals surface area contributed by atoms with Gasteiger partial charge in [-0.25, -0.2) is 14.1 Å². The highest BCUT2D eigenvalue weighted by Gasteiger charge is 2.19. The maximum absolute atomic E-state index is 13.2. The summed E-state index contributed by atoms with van der Waals surface area (Å²) >= 11 is 1.36. The highest BCUT2D eigenvalue weighted by Crippen LogP contribution is 2.38. The molecular formula is C20H15FN4O3S. The third-order valence-electron chi connectivity index (χ3n) is 4.60. The molecule has 7 nitrogen and oxygen atoms in total. The van der Waals surface area contributed by atoms with Gasteiger partial charge in [0.1, 0.15) is 19.0 Å². The first-order chi connectivity index (χ1) is 14.1. The Balaban J connectivity index is 1.41. The molecule has 1 aliphatic heterocycles. The zero-order valence-electron chi connectivity index (χ0n) is 15.3. The lowest BCUT2D eigenvalue weighted by molar-refractivity contribution is 0.102. The number of amides is 1. The van der Waals surface area contributed by atoms with Crippen molar-refractivity contribution in [3.63, 3.8) is 0 Å². The summed E-state index contributed by atoms with van der Waals surface area (Å²) in [6, 6.07) is 9.60. The number of aromatic nitrogens is 3. The number of hydrogen-bond acceptors (Lipinski definition) is 6. The minimum Gasteiger partial charge on any atom is -0.486 e. The number of nitrogens with one attached hydrogen (secondary N) is 1. The van der Waals surface area contributed by atoms with Gasteiger partial charge < -0.3 is 9.47 Å². The quantitative estimate of drug-likeness (QED) is 0.553. The highest BCUT2D eigenvalue weighted by atomic mass is 32.1. The van der Waals surface area contributed by atoms with E-state index in [4.69, 9.17) is 9.47 Å². The van der Waals surface area contributed by atoms with E-state index in [0.29, 0.717) is 46.8 Å². The van der Waals surface area contributed by atoms with Crippen molar-refractivity contribution in [2.24, 2.45) is 0 Å². The van der Waals surface area contributed by atoms with Gasteiger partial charge in [0.2, 0.25) is 0 Å². The van der Waals surface area contributed by atoms with Crippen molar-refractivity contribution in [1.29, 1.82) is 0 Å². The van der Waals surface area contributed by atoms with Crippen molar-refractivity contribution in [1.82, 2.24) is 14.8 Å². The van der Waals surface area contributed by atoms with E-state index in [1.54, 1.807) is 23.7 Å². The number of hydrogen-bond donors (Lipinski definition) is 1. The van der Waals surface area contributed by atoms with Crippen LogP contribution in [0.2, 0.25) is 0 Å². The zero-order chi connectivity index (χ0) is 20.0. The monoisotopic (exact) mass is 410 g/mol. The predicted molar refractivity (Wildman–Crippen MR) is 107 cm³/mol. The Morgan fingerprint density at radius 2 is 1.90 bits per heavy atom. The molecule has 29 heavy (non-hydrogen) atoms. The van der Waals surface area contributed by atoms with Crippen molar-refractivity contribution in [2.75, 3.05) is 18.5 Å². The first-order valence-electron chi connectivity index (χ1n) is 8.90. The van der Waals surface area contributed by atoms with Crippen LogP contribution in [0.15, 0.2) is 42.6 Å². The number of anilines is 1. The molecule has 0 aliphatic carbocycles. The Morgan fingerprint density at radius 3 is 2.66 bits per heavy atom. The molecule has 0 bridgehead atoms. The van der Waals surface area contributed by atoms with Gasteiger partial charge in [-0.15, -0.1) is 0 Å². The fraction of sp³-hybridized carbons (Fsp3) is 0.150. The number of thiazole rings is 1. The molecule has 1 aliphatic rings. The number of rotatable bonds is 3. The predicted octanol–water partition coefficient (Wildman–Crippen LogP) is 3.95. The first-order valence-corrected chi connectivity index (χ1v) is 9.72. The third-order valence-corrected chi connectivity index (χ3v) is 5.53. The van der Waals surface area contributed by atoms with Gasteiger partial charge >= 0.3 is 0 Å². The lowest BCUT2D eigenvalue weighted by Crippen LogP contribution is -2.15. The average molecular weight is 410 g/mol. The van der Waals surface area contributed by atoms with Crippen molar-refractivity contribution in [2.45, 2.75) is 6.92 Å². The molecule has 0 saturated heterocycles. The SMILES string of the molecule is Cc1c(C(=O)Nc2nc3cc4c(cc3s2)OCCO4)cnn1-c1ccc(F)cc1. The van der Waals surface area contributed by atoms with Crippen LogP contribution in [0, 0.1) is 12.7 Å². The number of ether oxygens (including phenoxy) is 2. The molecule has 0 saturated carbocycles. The van der Waals surface area contributed by atoms with Crippen LogP contribution < -0.4 is 14.8 Å². The van der Waals surface area contributed by atoms with E-state index in [1.807, 2.05) is 12.1 Å². The molecule has 0 fully saturated rings. The van der Waals surface area contributed by atoms with Crippen LogP contribution in [0.1, 0.15) is 16.1 Å². The zero-order valence-corrected chi connectivity index (χ0v) is 16.1. The van der Waals surface area contributed by atoms with Crippen LogP contribution in [0.5, 0.6) is 11.5 Å². The smallest absolute Gasteiger partial charge is 0.260 e. The number of nitrogens with zero attached hydrogens (tertiary/aromatic N) is 3. The summed E-state index contributed by atoms with van der Waals surface area (Å²) in [7, 11) is 0. The molecule has 2 aromatic carbocycles. The fourth-order valence-corrected chi connectivity index (χ4v) is 4.03. The summed E-state index contributed by atoms with van der Waals surface area (Å²) in [6.07, 6.45) is 1.49. The van der Waals surface area contributed by atoms with Gasteiger partial charge in [-0.1, -0.05) is 11.3 Å². The Kier molecular flexibility index (Phi) is 4.17. The Bertz CT molecular complexity index is 1190. The van der Waals surface area contributed by atoms with Crippen LogP contribution in [0.25, 0.3) is 15.9 Å². The first kappa shape index (κ1) is 17.6. The van der Waals surface area contributed by atoms with E-state index in [0.717, 1.165) is 10.2 Å². The average Bonchev–Trinajstić information content (AvgIpc) is 3.29. The van der Waals surface area contributed by atoms with Crippen LogP contribution >= 0.6 is 11.3 Å². The van der Waals surface area contributed by atoms with E-state index in [9.17, 15) is 9.18 Å². The molecular weight excluding hydrogens is 395 g/mol. The van der Waals surface area contributed by atoms with Crippen LogP contribution in [0.3, 0.4) is 0 Å². The van der Waals surface area contributed by atoms with E-state index in [-0.39, 0.29) is 11.7 Å².